The van der Waals surface area contributed by atoms with E-state index in [0.717, 1.165) is 24.3 Å². The van der Waals surface area contributed by atoms with Gasteiger partial charge >= 0.3 is 0 Å². The molecule has 0 atom stereocenters. The van der Waals surface area contributed by atoms with E-state index < -0.39 is 0 Å². The second-order valence-electron chi connectivity index (χ2n) is 4.73. The van der Waals surface area contributed by atoms with E-state index in [1.165, 1.54) is 10.4 Å². The standard InChI is InChI=1S/C16H20N2OS/c1-2-6-15(19)17-10-9-16-18-12-14(20-16)11-13-7-4-3-5-8-13/h3-5,7-8,12H,2,6,9-11H2,1H3,(H,17,19). The highest BCUT2D eigenvalue weighted by atomic mass is 32.1. The van der Waals surface area contributed by atoms with E-state index in [4.69, 9.17) is 0 Å². The number of rotatable bonds is 7. The fraction of sp³-hybridized carbons (Fsp3) is 0.375. The van der Waals surface area contributed by atoms with Crippen LogP contribution in [-0.4, -0.2) is 17.4 Å². The van der Waals surface area contributed by atoms with Crippen LogP contribution in [0.5, 0.6) is 0 Å². The third kappa shape index (κ3) is 4.78. The third-order valence-electron chi connectivity index (χ3n) is 2.96. The normalized spacial score (nSPS) is 10.4. The van der Waals surface area contributed by atoms with Crippen molar-refractivity contribution in [2.24, 2.45) is 0 Å². The monoisotopic (exact) mass is 288 g/mol. The van der Waals surface area contributed by atoms with E-state index in [1.54, 1.807) is 11.3 Å². The predicted octanol–water partition coefficient (Wildman–Crippen LogP) is 3.19. The molecular weight excluding hydrogens is 268 g/mol. The molecule has 4 heteroatoms. The van der Waals surface area contributed by atoms with Gasteiger partial charge in [0.25, 0.3) is 0 Å². The van der Waals surface area contributed by atoms with Crippen molar-refractivity contribution < 1.29 is 4.79 Å². The van der Waals surface area contributed by atoms with Gasteiger partial charge in [-0.1, -0.05) is 37.3 Å². The van der Waals surface area contributed by atoms with Gasteiger partial charge in [0.05, 0.1) is 5.01 Å². The highest BCUT2D eigenvalue weighted by Crippen LogP contribution is 2.17. The fourth-order valence-corrected chi connectivity index (χ4v) is 2.92. The van der Waals surface area contributed by atoms with Crippen molar-refractivity contribution in [1.29, 1.82) is 0 Å². The lowest BCUT2D eigenvalue weighted by atomic mass is 10.1. The van der Waals surface area contributed by atoms with Gasteiger partial charge in [0.15, 0.2) is 0 Å². The van der Waals surface area contributed by atoms with Gasteiger partial charge in [-0.2, -0.15) is 0 Å². The number of nitrogens with zero attached hydrogens (tertiary/aromatic N) is 1. The molecule has 0 saturated heterocycles. The molecule has 1 aromatic carbocycles. The van der Waals surface area contributed by atoms with Crippen LogP contribution < -0.4 is 5.32 Å². The van der Waals surface area contributed by atoms with Crippen LogP contribution >= 0.6 is 11.3 Å². The van der Waals surface area contributed by atoms with Crippen molar-refractivity contribution in [3.05, 3.63) is 52.0 Å². The van der Waals surface area contributed by atoms with Crippen LogP contribution in [0.3, 0.4) is 0 Å². The molecule has 0 unspecified atom stereocenters. The first kappa shape index (κ1) is 14.7. The Morgan fingerprint density at radius 1 is 1.30 bits per heavy atom. The number of carbonyl (C=O) groups is 1. The van der Waals surface area contributed by atoms with Gasteiger partial charge in [0, 0.05) is 36.9 Å². The number of hydrogen-bond acceptors (Lipinski definition) is 3. The molecule has 3 nitrogen and oxygen atoms in total. The van der Waals surface area contributed by atoms with Crippen LogP contribution in [0.1, 0.15) is 35.2 Å². The molecule has 0 bridgehead atoms. The minimum atomic E-state index is 0.133. The third-order valence-corrected chi connectivity index (χ3v) is 4.02. The van der Waals surface area contributed by atoms with Gasteiger partial charge in [0.1, 0.15) is 0 Å². The highest BCUT2D eigenvalue weighted by molar-refractivity contribution is 7.11. The average molecular weight is 288 g/mol. The van der Waals surface area contributed by atoms with E-state index >= 15 is 0 Å². The highest BCUT2D eigenvalue weighted by Gasteiger charge is 2.04. The number of hydrogen-bond donors (Lipinski definition) is 1. The summed E-state index contributed by atoms with van der Waals surface area (Å²) in [7, 11) is 0. The summed E-state index contributed by atoms with van der Waals surface area (Å²) in [6, 6.07) is 10.4. The minimum absolute atomic E-state index is 0.133. The molecule has 106 valence electrons. The zero-order valence-electron chi connectivity index (χ0n) is 11.8. The lowest BCUT2D eigenvalue weighted by molar-refractivity contribution is -0.121. The Bertz CT molecular complexity index is 536. The molecule has 1 heterocycles. The molecule has 0 spiro atoms. The van der Waals surface area contributed by atoms with Gasteiger partial charge in [-0.3, -0.25) is 4.79 Å². The van der Waals surface area contributed by atoms with Crippen LogP contribution in [0.4, 0.5) is 0 Å². The second kappa shape index (κ2) is 7.80. The van der Waals surface area contributed by atoms with Gasteiger partial charge in [-0.05, 0) is 12.0 Å². The van der Waals surface area contributed by atoms with E-state index in [1.807, 2.05) is 19.2 Å². The van der Waals surface area contributed by atoms with E-state index in [2.05, 4.69) is 34.6 Å². The molecule has 1 amide bonds. The maximum Gasteiger partial charge on any atom is 0.219 e. The zero-order chi connectivity index (χ0) is 14.2. The molecule has 2 aromatic rings. The van der Waals surface area contributed by atoms with Gasteiger partial charge in [-0.15, -0.1) is 11.3 Å². The molecule has 0 aliphatic rings. The Kier molecular flexibility index (Phi) is 5.74. The smallest absolute Gasteiger partial charge is 0.219 e. The predicted molar refractivity (Wildman–Crippen MR) is 83.0 cm³/mol. The first-order chi connectivity index (χ1) is 9.78. The lowest BCUT2D eigenvalue weighted by Crippen LogP contribution is -2.25. The van der Waals surface area contributed by atoms with Crippen molar-refractivity contribution in [2.75, 3.05) is 6.54 Å². The maximum atomic E-state index is 11.4. The molecule has 20 heavy (non-hydrogen) atoms. The summed E-state index contributed by atoms with van der Waals surface area (Å²) in [5.41, 5.74) is 1.30. The lowest BCUT2D eigenvalue weighted by Gasteiger charge is -2.01. The van der Waals surface area contributed by atoms with Crippen LogP contribution in [0.2, 0.25) is 0 Å². The Morgan fingerprint density at radius 3 is 2.85 bits per heavy atom. The number of benzene rings is 1. The van der Waals surface area contributed by atoms with Crippen LogP contribution in [0, 0.1) is 0 Å². The summed E-state index contributed by atoms with van der Waals surface area (Å²) in [5.74, 6) is 0.133. The molecule has 0 radical (unpaired) electrons. The average Bonchev–Trinajstić information content (AvgIpc) is 2.88. The Hall–Kier alpha value is -1.68. The molecular formula is C16H20N2OS. The molecule has 1 aromatic heterocycles. The molecule has 0 aliphatic carbocycles. The SMILES string of the molecule is CCCC(=O)NCCc1ncc(Cc2ccccc2)s1. The number of aromatic nitrogens is 1. The van der Waals surface area contributed by atoms with Crippen molar-refractivity contribution in [3.63, 3.8) is 0 Å². The van der Waals surface area contributed by atoms with E-state index in [-0.39, 0.29) is 5.91 Å². The number of nitrogens with one attached hydrogen (secondary N) is 1. The summed E-state index contributed by atoms with van der Waals surface area (Å²) in [4.78, 5) is 17.0. The quantitative estimate of drug-likeness (QED) is 0.850. The number of carbonyl (C=O) groups excluding carboxylic acids is 1. The van der Waals surface area contributed by atoms with Crippen molar-refractivity contribution in [1.82, 2.24) is 10.3 Å². The summed E-state index contributed by atoms with van der Waals surface area (Å²) >= 11 is 1.73. The van der Waals surface area contributed by atoms with Gasteiger partial charge in [-0.25, -0.2) is 4.98 Å². The van der Waals surface area contributed by atoms with Gasteiger partial charge in [0.2, 0.25) is 5.91 Å². The van der Waals surface area contributed by atoms with Crippen molar-refractivity contribution in [3.8, 4) is 0 Å². The maximum absolute atomic E-state index is 11.4. The first-order valence-corrected chi connectivity index (χ1v) is 7.83. The second-order valence-corrected chi connectivity index (χ2v) is 5.93. The number of thiazole rings is 1. The molecule has 2 rings (SSSR count). The Labute approximate surface area is 124 Å². The molecule has 0 fully saturated rings. The molecule has 1 N–H and O–H groups in total. The van der Waals surface area contributed by atoms with Crippen LogP contribution in [0.25, 0.3) is 0 Å². The summed E-state index contributed by atoms with van der Waals surface area (Å²) in [5, 5.41) is 4.01. The minimum Gasteiger partial charge on any atom is -0.356 e. The Morgan fingerprint density at radius 2 is 2.10 bits per heavy atom. The fourth-order valence-electron chi connectivity index (χ4n) is 1.97. The summed E-state index contributed by atoms with van der Waals surface area (Å²) in [6.45, 7) is 2.69. The van der Waals surface area contributed by atoms with Crippen molar-refractivity contribution in [2.45, 2.75) is 32.6 Å². The Balaban J connectivity index is 1.79. The zero-order valence-corrected chi connectivity index (χ0v) is 12.6. The largest absolute Gasteiger partial charge is 0.356 e. The molecule has 0 saturated carbocycles. The molecule has 0 aliphatic heterocycles. The summed E-state index contributed by atoms with van der Waals surface area (Å²) < 4.78 is 0. The number of amides is 1. The summed E-state index contributed by atoms with van der Waals surface area (Å²) in [6.07, 6.45) is 5.19. The van der Waals surface area contributed by atoms with Crippen LogP contribution in [0.15, 0.2) is 36.5 Å². The topological polar surface area (TPSA) is 42.0 Å². The first-order valence-electron chi connectivity index (χ1n) is 7.02. The van der Waals surface area contributed by atoms with E-state index in [9.17, 15) is 4.79 Å². The van der Waals surface area contributed by atoms with Gasteiger partial charge < -0.3 is 5.32 Å². The van der Waals surface area contributed by atoms with E-state index in [0.29, 0.717) is 13.0 Å². The van der Waals surface area contributed by atoms with Crippen molar-refractivity contribution >= 4 is 17.2 Å². The van der Waals surface area contributed by atoms with Crippen LogP contribution in [-0.2, 0) is 17.6 Å².